The van der Waals surface area contributed by atoms with Crippen molar-refractivity contribution in [2.24, 2.45) is 0 Å². The Kier molecular flexibility index (Phi) is 37.1. The van der Waals surface area contributed by atoms with Crippen LogP contribution in [0.25, 0.3) is 0 Å². The summed E-state index contributed by atoms with van der Waals surface area (Å²) in [5.41, 5.74) is 0. The number of hydrogen-bond donors (Lipinski definition) is 5. The van der Waals surface area contributed by atoms with Crippen LogP contribution in [0, 0.1) is 0 Å². The molecule has 0 aromatic carbocycles. The lowest BCUT2D eigenvalue weighted by atomic mass is 9.99. The Morgan fingerprint density at radius 3 is 1.33 bits per heavy atom. The van der Waals surface area contributed by atoms with Gasteiger partial charge in [-0.2, -0.15) is 0 Å². The number of carbonyl (C=O) groups excluding carboxylic acids is 1. The van der Waals surface area contributed by atoms with E-state index in [0.717, 1.165) is 57.8 Å². The molecule has 6 heteroatoms. The molecular weight excluding hydrogens is 610 g/mol. The Hall–Kier alpha value is -1.21. The normalized spacial score (nSPS) is 14.5. The maximum atomic E-state index is 12.5. The first-order valence-corrected chi connectivity index (χ1v) is 21.2. The lowest BCUT2D eigenvalue weighted by molar-refractivity contribution is -0.132. The fourth-order valence-electron chi connectivity index (χ4n) is 6.49. The first kappa shape index (κ1) is 47.8. The van der Waals surface area contributed by atoms with Gasteiger partial charge in [-0.05, 0) is 44.9 Å². The molecule has 0 aliphatic heterocycles. The third-order valence-electron chi connectivity index (χ3n) is 9.92. The molecule has 5 N–H and O–H groups in total. The van der Waals surface area contributed by atoms with Gasteiger partial charge in [0, 0.05) is 0 Å². The van der Waals surface area contributed by atoms with Crippen molar-refractivity contribution in [1.29, 1.82) is 0 Å². The predicted molar refractivity (Wildman–Crippen MR) is 210 cm³/mol. The molecule has 0 bridgehead atoms. The van der Waals surface area contributed by atoms with Gasteiger partial charge in [-0.3, -0.25) is 4.79 Å². The van der Waals surface area contributed by atoms with Crippen LogP contribution in [0.2, 0.25) is 0 Å². The van der Waals surface area contributed by atoms with Crippen molar-refractivity contribution in [3.63, 3.8) is 0 Å². The zero-order chi connectivity index (χ0) is 36.0. The van der Waals surface area contributed by atoms with E-state index in [0.29, 0.717) is 12.8 Å². The Morgan fingerprint density at radius 1 is 0.510 bits per heavy atom. The van der Waals surface area contributed by atoms with Gasteiger partial charge in [0.2, 0.25) is 5.91 Å². The van der Waals surface area contributed by atoms with E-state index >= 15 is 0 Å². The molecule has 0 aliphatic rings. The number of aliphatic hydroxyl groups excluding tert-OH is 4. The van der Waals surface area contributed by atoms with Crippen molar-refractivity contribution in [2.45, 2.75) is 237 Å². The Morgan fingerprint density at radius 2 is 0.878 bits per heavy atom. The van der Waals surface area contributed by atoms with Crippen LogP contribution in [-0.2, 0) is 4.79 Å². The number of rotatable bonds is 38. The number of aliphatic hydroxyl groups is 4. The van der Waals surface area contributed by atoms with Gasteiger partial charge in [-0.1, -0.05) is 192 Å². The van der Waals surface area contributed by atoms with Gasteiger partial charge in [-0.15, -0.1) is 0 Å². The highest BCUT2D eigenvalue weighted by molar-refractivity contribution is 5.80. The monoisotopic (exact) mass is 694 g/mol. The van der Waals surface area contributed by atoms with Gasteiger partial charge in [0.1, 0.15) is 12.2 Å². The van der Waals surface area contributed by atoms with Gasteiger partial charge < -0.3 is 25.7 Å². The minimum Gasteiger partial charge on any atom is -0.394 e. The maximum absolute atomic E-state index is 12.5. The number of amides is 1. The Labute approximate surface area is 304 Å². The molecule has 0 fully saturated rings. The summed E-state index contributed by atoms with van der Waals surface area (Å²) in [6.45, 7) is 4.02. The summed E-state index contributed by atoms with van der Waals surface area (Å²) in [4.78, 5) is 12.5. The molecule has 4 atom stereocenters. The fourth-order valence-corrected chi connectivity index (χ4v) is 6.49. The molecule has 0 spiro atoms. The number of carbonyl (C=O) groups is 1. The highest BCUT2D eigenvalue weighted by atomic mass is 16.3. The lowest BCUT2D eigenvalue weighted by Crippen LogP contribution is -2.53. The molecule has 0 aromatic heterocycles. The zero-order valence-electron chi connectivity index (χ0n) is 32.4. The maximum Gasteiger partial charge on any atom is 0.249 e. The highest BCUT2D eigenvalue weighted by Crippen LogP contribution is 2.16. The third kappa shape index (κ3) is 32.4. The molecule has 290 valence electrons. The van der Waals surface area contributed by atoms with E-state index < -0.39 is 36.9 Å². The minimum absolute atomic E-state index is 0.358. The number of nitrogens with one attached hydrogen (secondary N) is 1. The summed E-state index contributed by atoms with van der Waals surface area (Å²) in [6, 6.07) is -0.987. The molecule has 0 aromatic rings. The topological polar surface area (TPSA) is 110 Å². The molecule has 0 saturated carbocycles. The van der Waals surface area contributed by atoms with Crippen LogP contribution in [0.5, 0.6) is 0 Å². The largest absolute Gasteiger partial charge is 0.394 e. The lowest BCUT2D eigenvalue weighted by Gasteiger charge is -2.27. The average molecular weight is 694 g/mol. The van der Waals surface area contributed by atoms with Crippen LogP contribution in [0.1, 0.15) is 213 Å². The average Bonchev–Trinajstić information content (AvgIpc) is 3.11. The van der Waals surface area contributed by atoms with Crippen molar-refractivity contribution < 1.29 is 25.2 Å². The first-order valence-electron chi connectivity index (χ1n) is 21.2. The summed E-state index contributed by atoms with van der Waals surface area (Å²) in [7, 11) is 0. The number of allylic oxidation sites excluding steroid dienone is 4. The van der Waals surface area contributed by atoms with Crippen LogP contribution in [0.4, 0.5) is 0 Å². The van der Waals surface area contributed by atoms with Gasteiger partial charge in [0.15, 0.2) is 0 Å². The molecule has 0 saturated heterocycles. The smallest absolute Gasteiger partial charge is 0.249 e. The third-order valence-corrected chi connectivity index (χ3v) is 9.92. The zero-order valence-corrected chi connectivity index (χ0v) is 32.4. The number of unbranched alkanes of at least 4 members (excludes halogenated alkanes) is 25. The second-order valence-corrected chi connectivity index (χ2v) is 14.7. The standard InChI is InChI=1S/C43H83NO5/c1-3-5-7-9-11-13-15-17-19-21-23-24-26-28-30-32-34-36-40(46)42(48)39(38-45)44-43(49)41(47)37-35-33-31-29-27-25-22-20-18-16-14-12-10-8-6-4-2/h12,14,18,20,39-42,45-48H,3-11,13,15-17,19,21-38H2,1-2H3,(H,44,49)/b14-12-,20-18-. The van der Waals surface area contributed by atoms with Crippen LogP contribution in [0.15, 0.2) is 24.3 Å². The second kappa shape index (κ2) is 38.0. The van der Waals surface area contributed by atoms with E-state index in [-0.39, 0.29) is 0 Å². The molecule has 49 heavy (non-hydrogen) atoms. The molecule has 4 unspecified atom stereocenters. The van der Waals surface area contributed by atoms with Crippen molar-refractivity contribution in [1.82, 2.24) is 5.32 Å². The van der Waals surface area contributed by atoms with Gasteiger partial charge in [0.05, 0.1) is 18.8 Å². The molecule has 0 aliphatic carbocycles. The van der Waals surface area contributed by atoms with E-state index in [1.165, 1.54) is 128 Å². The van der Waals surface area contributed by atoms with Crippen LogP contribution < -0.4 is 5.32 Å². The van der Waals surface area contributed by atoms with E-state index in [9.17, 15) is 25.2 Å². The van der Waals surface area contributed by atoms with Crippen LogP contribution >= 0.6 is 0 Å². The van der Waals surface area contributed by atoms with Crippen molar-refractivity contribution in [2.75, 3.05) is 6.61 Å². The summed E-state index contributed by atoms with van der Waals surface area (Å²) in [5.74, 6) is -0.592. The summed E-state index contributed by atoms with van der Waals surface area (Å²) >= 11 is 0. The van der Waals surface area contributed by atoms with Crippen molar-refractivity contribution in [3.05, 3.63) is 24.3 Å². The Balaban J connectivity index is 3.77. The van der Waals surface area contributed by atoms with Gasteiger partial charge >= 0.3 is 0 Å². The van der Waals surface area contributed by atoms with Crippen molar-refractivity contribution >= 4 is 5.91 Å². The summed E-state index contributed by atoms with van der Waals surface area (Å²) < 4.78 is 0. The summed E-state index contributed by atoms with van der Waals surface area (Å²) in [5, 5.41) is 43.6. The molecule has 6 nitrogen and oxygen atoms in total. The molecule has 0 heterocycles. The molecular formula is C43H83NO5. The fraction of sp³-hybridized carbons (Fsp3) is 0.884. The van der Waals surface area contributed by atoms with Crippen molar-refractivity contribution in [3.8, 4) is 0 Å². The van der Waals surface area contributed by atoms with E-state index in [4.69, 9.17) is 0 Å². The van der Waals surface area contributed by atoms with E-state index in [1.54, 1.807) is 0 Å². The quantitative estimate of drug-likeness (QED) is 0.0327. The number of hydrogen-bond acceptors (Lipinski definition) is 5. The van der Waals surface area contributed by atoms with Crippen LogP contribution in [-0.4, -0.2) is 57.3 Å². The predicted octanol–water partition coefficient (Wildman–Crippen LogP) is 10.8. The van der Waals surface area contributed by atoms with E-state index in [2.05, 4.69) is 43.5 Å². The SMILES string of the molecule is CCCCC/C=C\C/C=C\CCCCCCCCC(O)C(=O)NC(CO)C(O)C(O)CCCCCCCCCCCCCCCCCCC. The molecule has 0 radical (unpaired) electrons. The highest BCUT2D eigenvalue weighted by Gasteiger charge is 2.28. The van der Waals surface area contributed by atoms with E-state index in [1.807, 2.05) is 0 Å². The molecule has 1 amide bonds. The summed E-state index contributed by atoms with van der Waals surface area (Å²) in [6.07, 6.45) is 41.9. The molecule has 0 rings (SSSR count). The first-order chi connectivity index (χ1) is 24.0. The Bertz CT molecular complexity index is 742. The second-order valence-electron chi connectivity index (χ2n) is 14.7. The van der Waals surface area contributed by atoms with Gasteiger partial charge in [-0.25, -0.2) is 0 Å². The minimum atomic E-state index is -1.26. The van der Waals surface area contributed by atoms with Gasteiger partial charge in [0.25, 0.3) is 0 Å². The van der Waals surface area contributed by atoms with Crippen LogP contribution in [0.3, 0.4) is 0 Å².